The summed E-state index contributed by atoms with van der Waals surface area (Å²) in [6.45, 7) is 3.72. The number of rotatable bonds is 6. The maximum absolute atomic E-state index is 14.3. The van der Waals surface area contributed by atoms with Crippen molar-refractivity contribution in [1.82, 2.24) is 0 Å². The summed E-state index contributed by atoms with van der Waals surface area (Å²) in [6.07, 6.45) is 1.22. The molecule has 0 unspecified atom stereocenters. The zero-order valence-electron chi connectivity index (χ0n) is 13.1. The van der Waals surface area contributed by atoms with E-state index >= 15 is 0 Å². The van der Waals surface area contributed by atoms with E-state index in [0.29, 0.717) is 0 Å². The summed E-state index contributed by atoms with van der Waals surface area (Å²) in [6, 6.07) is 0. The maximum Gasteiger partial charge on any atom is 0.341 e. The third-order valence-electron chi connectivity index (χ3n) is 3.07. The number of hydrogen-bond acceptors (Lipinski definition) is 5. The highest BCUT2D eigenvalue weighted by Gasteiger charge is 2.37. The lowest BCUT2D eigenvalue weighted by molar-refractivity contribution is -0.388. The van der Waals surface area contributed by atoms with Gasteiger partial charge in [0.1, 0.15) is 17.0 Å². The Hall–Kier alpha value is -2.71. The van der Waals surface area contributed by atoms with Crippen molar-refractivity contribution in [2.75, 3.05) is 6.61 Å². The number of allylic oxidation sites excluding steroid dienone is 1. The van der Waals surface area contributed by atoms with Crippen LogP contribution in [0.3, 0.4) is 0 Å². The number of carbonyl (C=O) groups excluding carboxylic acids is 2. The molecule has 0 fully saturated rings. The summed E-state index contributed by atoms with van der Waals surface area (Å²) < 4.78 is 46.3. The second-order valence-corrected chi connectivity index (χ2v) is 4.62. The van der Waals surface area contributed by atoms with Gasteiger partial charge < -0.3 is 4.74 Å². The molecule has 1 rings (SSSR count). The molecule has 0 radical (unpaired) electrons. The molecule has 6 nitrogen and oxygen atoms in total. The van der Waals surface area contributed by atoms with Crippen LogP contribution in [-0.2, 0) is 9.53 Å². The first kappa shape index (κ1) is 19.3. The molecule has 1 aromatic rings. The van der Waals surface area contributed by atoms with E-state index in [1.165, 1.54) is 6.92 Å². The minimum atomic E-state index is -1.97. The molecule has 0 aliphatic heterocycles. The number of halogens is 3. The van der Waals surface area contributed by atoms with Crippen molar-refractivity contribution >= 4 is 17.4 Å². The van der Waals surface area contributed by atoms with Crippen LogP contribution in [0, 0.1) is 34.5 Å². The molecular formula is C15H14F3NO5. The molecule has 1 aromatic carbocycles. The van der Waals surface area contributed by atoms with Crippen LogP contribution in [0.5, 0.6) is 0 Å². The third kappa shape index (κ3) is 3.44. The van der Waals surface area contributed by atoms with Crippen molar-refractivity contribution in [3.63, 3.8) is 0 Å². The van der Waals surface area contributed by atoms with Gasteiger partial charge in [0.25, 0.3) is 0 Å². The van der Waals surface area contributed by atoms with Gasteiger partial charge in [-0.25, -0.2) is 13.6 Å². The van der Waals surface area contributed by atoms with E-state index in [2.05, 4.69) is 4.74 Å². The summed E-state index contributed by atoms with van der Waals surface area (Å²) in [7, 11) is 0. The predicted octanol–water partition coefficient (Wildman–Crippen LogP) is 3.40. The molecule has 24 heavy (non-hydrogen) atoms. The second-order valence-electron chi connectivity index (χ2n) is 4.62. The summed E-state index contributed by atoms with van der Waals surface area (Å²) in [5.41, 5.74) is -4.57. The number of Topliss-reactive ketones (excluding diaryl/α,β-unsaturated/α-hetero) is 1. The number of benzene rings is 1. The van der Waals surface area contributed by atoms with Crippen LogP contribution in [-0.4, -0.2) is 23.3 Å². The topological polar surface area (TPSA) is 86.5 Å². The minimum Gasteiger partial charge on any atom is -0.462 e. The molecule has 0 heterocycles. The van der Waals surface area contributed by atoms with Crippen molar-refractivity contribution in [1.29, 1.82) is 0 Å². The summed E-state index contributed by atoms with van der Waals surface area (Å²) in [5.74, 6) is -7.92. The number of hydrogen-bond donors (Lipinski definition) is 0. The largest absolute Gasteiger partial charge is 0.462 e. The molecule has 130 valence electrons. The summed E-state index contributed by atoms with van der Waals surface area (Å²) >= 11 is 0. The van der Waals surface area contributed by atoms with E-state index < -0.39 is 56.5 Å². The smallest absolute Gasteiger partial charge is 0.341 e. The first-order valence-corrected chi connectivity index (χ1v) is 6.92. The van der Waals surface area contributed by atoms with Crippen LogP contribution >= 0.6 is 0 Å². The quantitative estimate of drug-likeness (QED) is 0.115. The number of nitro benzene ring substituents is 1. The summed E-state index contributed by atoms with van der Waals surface area (Å²) in [4.78, 5) is 33.8. The van der Waals surface area contributed by atoms with Crippen molar-refractivity contribution in [2.45, 2.75) is 27.2 Å². The normalized spacial score (nSPS) is 11.3. The van der Waals surface area contributed by atoms with Gasteiger partial charge in [0.05, 0.1) is 11.5 Å². The van der Waals surface area contributed by atoms with Crippen molar-refractivity contribution in [3.8, 4) is 0 Å². The van der Waals surface area contributed by atoms with E-state index in [4.69, 9.17) is 0 Å². The van der Waals surface area contributed by atoms with Crippen LogP contribution in [0.25, 0.3) is 0 Å². The highest BCUT2D eigenvalue weighted by atomic mass is 19.2. The number of esters is 1. The molecule has 0 N–H and O–H groups in total. The second kappa shape index (κ2) is 7.71. The van der Waals surface area contributed by atoms with Crippen LogP contribution in [0.15, 0.2) is 11.6 Å². The average molecular weight is 345 g/mol. The Morgan fingerprint density at radius 1 is 1.17 bits per heavy atom. The molecule has 0 bridgehead atoms. The molecular weight excluding hydrogens is 331 g/mol. The Balaban J connectivity index is 3.71. The maximum atomic E-state index is 14.3. The molecule has 0 saturated carbocycles. The van der Waals surface area contributed by atoms with Crippen molar-refractivity contribution < 1.29 is 32.4 Å². The Morgan fingerprint density at radius 3 is 2.21 bits per heavy atom. The zero-order valence-corrected chi connectivity index (χ0v) is 13.1. The molecule has 0 aliphatic carbocycles. The number of nitro groups is 1. The molecule has 0 atom stereocenters. The van der Waals surface area contributed by atoms with Gasteiger partial charge in [-0.15, -0.1) is 0 Å². The predicted molar refractivity (Wildman–Crippen MR) is 77.0 cm³/mol. The lowest BCUT2D eigenvalue weighted by Gasteiger charge is -2.10. The minimum absolute atomic E-state index is 0.103. The highest BCUT2D eigenvalue weighted by molar-refractivity contribution is 6.25. The first-order valence-electron chi connectivity index (χ1n) is 6.92. The number of ether oxygens (including phenoxy) is 1. The Labute approximate surface area is 135 Å². The molecule has 0 saturated heterocycles. The van der Waals surface area contributed by atoms with E-state index in [1.807, 2.05) is 0 Å². The van der Waals surface area contributed by atoms with Gasteiger partial charge in [-0.05, 0) is 20.3 Å². The first-order chi connectivity index (χ1) is 11.2. The zero-order chi connectivity index (χ0) is 18.6. The molecule has 9 heteroatoms. The Bertz CT molecular complexity index is 743. The average Bonchev–Trinajstić information content (AvgIpc) is 2.52. The molecule has 0 aliphatic rings. The summed E-state index contributed by atoms with van der Waals surface area (Å²) in [5, 5.41) is 11.0. The molecule has 0 amide bonds. The molecule has 0 aromatic heterocycles. The van der Waals surface area contributed by atoms with E-state index in [9.17, 15) is 32.9 Å². The van der Waals surface area contributed by atoms with E-state index in [0.717, 1.165) is 13.0 Å². The number of carbonyl (C=O) groups is 2. The SMILES string of the molecule is CCC=C(C(=O)OCC)C(=O)c1c(F)c(C)c(F)c(F)c1[N+](=O)[O-]. The number of nitrogens with zero attached hydrogens (tertiary/aromatic N) is 1. The van der Waals surface area contributed by atoms with Gasteiger partial charge in [-0.2, -0.15) is 4.39 Å². The van der Waals surface area contributed by atoms with Crippen LogP contribution in [0.2, 0.25) is 0 Å². The van der Waals surface area contributed by atoms with Gasteiger partial charge in [-0.1, -0.05) is 13.0 Å². The van der Waals surface area contributed by atoms with Crippen LogP contribution in [0.4, 0.5) is 18.9 Å². The highest BCUT2D eigenvalue weighted by Crippen LogP contribution is 2.32. The lowest BCUT2D eigenvalue weighted by Crippen LogP contribution is -2.20. The monoisotopic (exact) mass is 345 g/mol. The lowest BCUT2D eigenvalue weighted by atomic mass is 9.97. The van der Waals surface area contributed by atoms with E-state index in [-0.39, 0.29) is 13.0 Å². The van der Waals surface area contributed by atoms with Gasteiger partial charge in [0, 0.05) is 5.56 Å². The number of ketones is 1. The third-order valence-corrected chi connectivity index (χ3v) is 3.07. The van der Waals surface area contributed by atoms with Crippen molar-refractivity contribution in [3.05, 3.63) is 50.3 Å². The van der Waals surface area contributed by atoms with E-state index in [1.54, 1.807) is 6.92 Å². The Morgan fingerprint density at radius 2 is 1.75 bits per heavy atom. The van der Waals surface area contributed by atoms with Gasteiger partial charge in [-0.3, -0.25) is 14.9 Å². The van der Waals surface area contributed by atoms with Gasteiger partial charge in [0.15, 0.2) is 5.82 Å². The van der Waals surface area contributed by atoms with Crippen LogP contribution < -0.4 is 0 Å². The Kier molecular flexibility index (Phi) is 6.21. The van der Waals surface area contributed by atoms with Crippen molar-refractivity contribution in [2.24, 2.45) is 0 Å². The fourth-order valence-electron chi connectivity index (χ4n) is 1.96. The van der Waals surface area contributed by atoms with Gasteiger partial charge in [0.2, 0.25) is 11.6 Å². The fourth-order valence-corrected chi connectivity index (χ4v) is 1.96. The standard InChI is InChI=1S/C15H14F3NO5/c1-4-6-8(15(21)24-5-2)14(20)9-10(16)7(3)11(17)12(18)13(9)19(22)23/h6H,4-5H2,1-3H3. The van der Waals surface area contributed by atoms with Crippen LogP contribution in [0.1, 0.15) is 36.2 Å². The fraction of sp³-hybridized carbons (Fsp3) is 0.333. The molecule has 0 spiro atoms. The van der Waals surface area contributed by atoms with Gasteiger partial charge >= 0.3 is 11.7 Å².